The average Bonchev–Trinajstić information content (AvgIpc) is 3.03. The van der Waals surface area contributed by atoms with Crippen molar-refractivity contribution < 1.29 is 19.4 Å². The summed E-state index contributed by atoms with van der Waals surface area (Å²) in [4.78, 5) is 24.2. The highest BCUT2D eigenvalue weighted by atomic mass is 16.6. The summed E-state index contributed by atoms with van der Waals surface area (Å²) in [6.45, 7) is 5.51. The Morgan fingerprint density at radius 2 is 1.83 bits per heavy atom. The molecule has 0 radical (unpaired) electrons. The number of rotatable bonds is 4. The number of amides is 1. The summed E-state index contributed by atoms with van der Waals surface area (Å²) < 4.78 is 7.00. The number of carbonyl (C=O) groups is 2. The molecule has 7 heteroatoms. The predicted molar refractivity (Wildman–Crippen MR) is 112 cm³/mol. The molecule has 1 aliphatic carbocycles. The Bertz CT molecular complexity index is 1110. The number of carboxylic acid groups (broad SMARTS) is 1. The maximum atomic E-state index is 12.3. The van der Waals surface area contributed by atoms with E-state index < -0.39 is 23.2 Å². The molecule has 3 aromatic rings. The zero-order valence-corrected chi connectivity index (χ0v) is 17.3. The Morgan fingerprint density at radius 1 is 1.13 bits per heavy atom. The maximum Gasteiger partial charge on any atom is 0.408 e. The van der Waals surface area contributed by atoms with Crippen molar-refractivity contribution in [3.63, 3.8) is 0 Å². The highest BCUT2D eigenvalue weighted by molar-refractivity contribution is 6.02. The molecule has 2 heterocycles. The molecule has 0 unspecified atom stereocenters. The van der Waals surface area contributed by atoms with Gasteiger partial charge in [-0.3, -0.25) is 0 Å². The summed E-state index contributed by atoms with van der Waals surface area (Å²) in [5.41, 5.74) is 1.82. The summed E-state index contributed by atoms with van der Waals surface area (Å²) in [6.07, 6.45) is 3.99. The molecule has 1 aromatic carbocycles. The second kappa shape index (κ2) is 7.16. The van der Waals surface area contributed by atoms with Gasteiger partial charge in [0.15, 0.2) is 0 Å². The lowest BCUT2D eigenvalue weighted by Crippen LogP contribution is -2.52. The Balaban J connectivity index is 1.65. The van der Waals surface area contributed by atoms with Crippen LogP contribution in [0.15, 0.2) is 48.7 Å². The maximum absolute atomic E-state index is 12.3. The monoisotopic (exact) mass is 407 g/mol. The molecule has 0 aliphatic heterocycles. The lowest BCUT2D eigenvalue weighted by Gasteiger charge is -2.43. The Kier molecular flexibility index (Phi) is 4.76. The van der Waals surface area contributed by atoms with Crippen LogP contribution in [0.25, 0.3) is 16.8 Å². The van der Waals surface area contributed by atoms with Crippen molar-refractivity contribution in [3.8, 4) is 11.3 Å². The number of hydrogen-bond acceptors (Lipinski definition) is 4. The minimum absolute atomic E-state index is 0.175. The van der Waals surface area contributed by atoms with E-state index in [9.17, 15) is 14.7 Å². The summed E-state index contributed by atoms with van der Waals surface area (Å²) in [5.74, 6) is -1.02. The van der Waals surface area contributed by atoms with Crippen molar-refractivity contribution in [1.82, 2.24) is 14.9 Å². The second-order valence-corrected chi connectivity index (χ2v) is 8.70. The molecule has 2 aromatic heterocycles. The highest BCUT2D eigenvalue weighted by Crippen LogP contribution is 2.42. The molecule has 1 saturated carbocycles. The number of fused-ring (bicyclic) bond motifs is 1. The van der Waals surface area contributed by atoms with Gasteiger partial charge in [-0.05, 0) is 57.7 Å². The van der Waals surface area contributed by atoms with E-state index >= 15 is 0 Å². The molecule has 1 fully saturated rings. The number of pyridine rings is 1. The molecule has 0 saturated heterocycles. The fourth-order valence-corrected chi connectivity index (χ4v) is 3.87. The molecule has 0 bridgehead atoms. The van der Waals surface area contributed by atoms with E-state index in [0.29, 0.717) is 16.8 Å². The third kappa shape index (κ3) is 3.63. The zero-order chi connectivity index (χ0) is 21.5. The lowest BCUT2D eigenvalue weighted by molar-refractivity contribution is 0.0377. The van der Waals surface area contributed by atoms with E-state index in [1.54, 1.807) is 28.9 Å². The fraction of sp³-hybridized carbons (Fsp3) is 0.348. The number of carboxylic acids is 1. The number of hydrogen-bond donors (Lipinski definition) is 2. The number of ether oxygens (including phenoxy) is 1. The molecule has 1 amide bonds. The summed E-state index contributed by atoms with van der Waals surface area (Å²) >= 11 is 0. The molecule has 2 N–H and O–H groups in total. The normalized spacial score (nSPS) is 15.4. The Morgan fingerprint density at radius 3 is 2.40 bits per heavy atom. The lowest BCUT2D eigenvalue weighted by atomic mass is 9.71. The first-order valence-electron chi connectivity index (χ1n) is 10.0. The van der Waals surface area contributed by atoms with Gasteiger partial charge in [0, 0.05) is 11.8 Å². The van der Waals surface area contributed by atoms with Crippen LogP contribution in [0.4, 0.5) is 4.79 Å². The molecule has 4 rings (SSSR count). The van der Waals surface area contributed by atoms with Gasteiger partial charge in [0.1, 0.15) is 16.9 Å². The van der Waals surface area contributed by atoms with Crippen LogP contribution in [0.5, 0.6) is 0 Å². The fourth-order valence-electron chi connectivity index (χ4n) is 3.87. The van der Waals surface area contributed by atoms with Crippen molar-refractivity contribution in [3.05, 3.63) is 59.8 Å². The van der Waals surface area contributed by atoms with Gasteiger partial charge in [0.05, 0.1) is 11.1 Å². The van der Waals surface area contributed by atoms with Crippen LogP contribution < -0.4 is 5.32 Å². The number of nitrogens with one attached hydrogen (secondary N) is 1. The van der Waals surface area contributed by atoms with E-state index in [-0.39, 0.29) is 5.56 Å². The number of alkyl carbamates (subject to hydrolysis) is 1. The first-order chi connectivity index (χ1) is 14.2. The molecule has 156 valence electrons. The van der Waals surface area contributed by atoms with Gasteiger partial charge in [0.25, 0.3) is 0 Å². The van der Waals surface area contributed by atoms with Crippen molar-refractivity contribution in [2.75, 3.05) is 0 Å². The topological polar surface area (TPSA) is 92.9 Å². The van der Waals surface area contributed by atoms with E-state index in [0.717, 1.165) is 24.8 Å². The third-order valence-corrected chi connectivity index (χ3v) is 5.41. The summed E-state index contributed by atoms with van der Waals surface area (Å²) in [6, 6.07) is 12.9. The van der Waals surface area contributed by atoms with Crippen molar-refractivity contribution in [2.45, 2.75) is 51.2 Å². The molecule has 1 aliphatic rings. The van der Waals surface area contributed by atoms with E-state index in [1.165, 1.54) is 0 Å². The first kappa shape index (κ1) is 19.9. The van der Waals surface area contributed by atoms with Crippen LogP contribution in [-0.4, -0.2) is 32.4 Å². The van der Waals surface area contributed by atoms with Gasteiger partial charge in [-0.1, -0.05) is 30.3 Å². The zero-order valence-electron chi connectivity index (χ0n) is 17.3. The Labute approximate surface area is 174 Å². The number of carbonyl (C=O) groups excluding carboxylic acids is 1. The van der Waals surface area contributed by atoms with Crippen molar-refractivity contribution in [1.29, 1.82) is 0 Å². The van der Waals surface area contributed by atoms with E-state index in [1.807, 2.05) is 45.0 Å². The minimum Gasteiger partial charge on any atom is -0.478 e. The largest absolute Gasteiger partial charge is 0.478 e. The standard InChI is InChI=1S/C23H25N3O4/c1-22(2,3)30-21(29)24-23(12-6-13-23)16-10-8-15(9-11-16)19-18(20(27)28)17-7-4-5-14-26(17)25-19/h4-5,7-11,14H,6,12-13H2,1-3H3,(H,24,29)(H,27,28). The number of nitrogens with zero attached hydrogens (tertiary/aromatic N) is 2. The molecule has 0 spiro atoms. The van der Waals surface area contributed by atoms with Crippen LogP contribution in [0.3, 0.4) is 0 Å². The molecular weight excluding hydrogens is 382 g/mol. The van der Waals surface area contributed by atoms with Crippen LogP contribution >= 0.6 is 0 Å². The quantitative estimate of drug-likeness (QED) is 0.659. The smallest absolute Gasteiger partial charge is 0.408 e. The van der Waals surface area contributed by atoms with Crippen LogP contribution in [0.1, 0.15) is 56.0 Å². The van der Waals surface area contributed by atoms with Gasteiger partial charge < -0.3 is 15.2 Å². The SMILES string of the molecule is CC(C)(C)OC(=O)NC1(c2ccc(-c3nn4ccccc4c3C(=O)O)cc2)CCC1. The van der Waals surface area contributed by atoms with Gasteiger partial charge >= 0.3 is 12.1 Å². The van der Waals surface area contributed by atoms with Crippen LogP contribution in [-0.2, 0) is 10.3 Å². The molecule has 30 heavy (non-hydrogen) atoms. The number of aromatic carboxylic acids is 1. The van der Waals surface area contributed by atoms with Crippen molar-refractivity contribution in [2.24, 2.45) is 0 Å². The summed E-state index contributed by atoms with van der Waals surface area (Å²) in [7, 11) is 0. The number of aromatic nitrogens is 2. The minimum atomic E-state index is -1.02. The predicted octanol–water partition coefficient (Wildman–Crippen LogP) is 4.60. The van der Waals surface area contributed by atoms with Crippen LogP contribution in [0.2, 0.25) is 0 Å². The molecular formula is C23H25N3O4. The Hall–Kier alpha value is -3.35. The van der Waals surface area contributed by atoms with Gasteiger partial charge in [-0.25, -0.2) is 14.1 Å². The number of benzene rings is 1. The van der Waals surface area contributed by atoms with Crippen molar-refractivity contribution >= 4 is 17.6 Å². The molecule has 7 nitrogen and oxygen atoms in total. The van der Waals surface area contributed by atoms with Gasteiger partial charge in [-0.2, -0.15) is 5.10 Å². The van der Waals surface area contributed by atoms with Gasteiger partial charge in [0.2, 0.25) is 0 Å². The van der Waals surface area contributed by atoms with E-state index in [4.69, 9.17) is 4.74 Å². The first-order valence-corrected chi connectivity index (χ1v) is 10.0. The second-order valence-electron chi connectivity index (χ2n) is 8.70. The van der Waals surface area contributed by atoms with Gasteiger partial charge in [-0.15, -0.1) is 0 Å². The molecule has 0 atom stereocenters. The van der Waals surface area contributed by atoms with E-state index in [2.05, 4.69) is 10.4 Å². The summed E-state index contributed by atoms with van der Waals surface area (Å²) in [5, 5.41) is 17.2. The average molecular weight is 407 g/mol. The highest BCUT2D eigenvalue weighted by Gasteiger charge is 2.41. The van der Waals surface area contributed by atoms with Crippen LogP contribution in [0, 0.1) is 0 Å². The third-order valence-electron chi connectivity index (χ3n) is 5.41.